The van der Waals surface area contributed by atoms with Gasteiger partial charge >= 0.3 is 0 Å². The third kappa shape index (κ3) is 8.75. The minimum Gasteiger partial charge on any atom is -0.437 e. The van der Waals surface area contributed by atoms with Crippen LogP contribution in [0.15, 0.2) is 197 Å². The summed E-state index contributed by atoms with van der Waals surface area (Å²) in [6.45, 7) is 1.20. The normalized spacial score (nSPS) is 11.7. The molecule has 11 rings (SSSR count). The molecule has 0 N–H and O–H groups in total. The fourth-order valence-electron chi connectivity index (χ4n) is 7.70. The van der Waals surface area contributed by atoms with Crippen molar-refractivity contribution >= 4 is 63.6 Å². The smallest absolute Gasteiger partial charge is 0.220 e. The summed E-state index contributed by atoms with van der Waals surface area (Å²) in [6, 6.07) is 59.4. The molecule has 7 aromatic carbocycles. The van der Waals surface area contributed by atoms with Crippen molar-refractivity contribution in [2.24, 2.45) is 0 Å². The molecular weight excluding hydrogens is 807 g/mol. The zero-order valence-electron chi connectivity index (χ0n) is 35.0. The Morgan fingerprint density at radius 1 is 0.415 bits per heavy atom. The van der Waals surface area contributed by atoms with Crippen molar-refractivity contribution in [2.45, 2.75) is 13.1 Å². The number of nitrogens with zero attached hydrogens (tertiary/aromatic N) is 9. The summed E-state index contributed by atoms with van der Waals surface area (Å²) in [5.41, 5.74) is 14.3. The minimum atomic E-state index is 0.581. The van der Waals surface area contributed by atoms with Crippen LogP contribution in [0.3, 0.4) is 0 Å². The Labute approximate surface area is 373 Å². The van der Waals surface area contributed by atoms with Crippen LogP contribution in [-0.4, -0.2) is 40.0 Å². The van der Waals surface area contributed by atoms with Gasteiger partial charge in [-0.2, -0.15) is 0 Å². The summed E-state index contributed by atoms with van der Waals surface area (Å²) in [7, 11) is 0. The molecule has 0 fully saturated rings. The first-order valence-electron chi connectivity index (χ1n) is 21.2. The van der Waals surface area contributed by atoms with Crippen molar-refractivity contribution in [2.75, 3.05) is 4.90 Å². The lowest BCUT2D eigenvalue weighted by molar-refractivity contribution is 0.589. The quantitative estimate of drug-likeness (QED) is 0.112. The second-order valence-corrected chi connectivity index (χ2v) is 15.6. The molecule has 0 spiro atoms. The number of hydrogen-bond acceptors (Lipinski definition) is 9. The number of oxazole rings is 2. The number of benzene rings is 7. The van der Waals surface area contributed by atoms with Crippen LogP contribution in [0, 0.1) is 0 Å². The highest BCUT2D eigenvalue weighted by atomic mass is 16.4. The molecule has 0 bridgehead atoms. The average Bonchev–Trinajstić information content (AvgIpc) is 4.19. The third-order valence-corrected chi connectivity index (χ3v) is 11.0. The van der Waals surface area contributed by atoms with Crippen LogP contribution >= 0.6 is 0 Å². The summed E-state index contributed by atoms with van der Waals surface area (Å²) >= 11 is 0. The number of hydrogen-bond donors (Lipinski definition) is 0. The standard InChI is InChI=1S/C54H39N9O2/c1-2-8-44(9-3-1)63(45-28-24-42(25-29-45)49-36-61(59-57-49)34-40-18-14-38(15-19-40)22-32-53-55-47-10-4-6-12-51(47)64-53)46-30-26-43(27-31-46)50-37-62(60-58-50)35-41-20-16-39(17-21-41)23-33-54-56-48-11-5-7-13-52(48)65-54/h1-33,36-37H,34-35H2/b32-22+,33-23+. The first-order valence-corrected chi connectivity index (χ1v) is 21.2. The molecular formula is C54H39N9O2. The van der Waals surface area contributed by atoms with Crippen LogP contribution in [0.5, 0.6) is 0 Å². The second-order valence-electron chi connectivity index (χ2n) is 15.6. The Morgan fingerprint density at radius 3 is 1.28 bits per heavy atom. The maximum atomic E-state index is 5.81. The van der Waals surface area contributed by atoms with Crippen LogP contribution in [0.25, 0.3) is 69.0 Å². The maximum absolute atomic E-state index is 5.81. The van der Waals surface area contributed by atoms with Gasteiger partial charge in [0, 0.05) is 40.3 Å². The van der Waals surface area contributed by atoms with Gasteiger partial charge < -0.3 is 13.7 Å². The second kappa shape index (κ2) is 17.4. The van der Waals surface area contributed by atoms with Gasteiger partial charge in [0.15, 0.2) is 11.2 Å². The molecule has 0 saturated heterocycles. The number of aromatic nitrogens is 8. The number of para-hydroxylation sites is 5. The lowest BCUT2D eigenvalue weighted by atomic mass is 10.1. The van der Waals surface area contributed by atoms with Gasteiger partial charge in [-0.25, -0.2) is 19.3 Å². The lowest BCUT2D eigenvalue weighted by Gasteiger charge is -2.25. The molecule has 0 atom stereocenters. The van der Waals surface area contributed by atoms with E-state index in [1.165, 1.54) is 0 Å². The first kappa shape index (κ1) is 38.9. The highest BCUT2D eigenvalue weighted by molar-refractivity contribution is 5.80. The molecule has 0 unspecified atom stereocenters. The van der Waals surface area contributed by atoms with Crippen molar-refractivity contribution in [1.82, 2.24) is 40.0 Å². The summed E-state index contributed by atoms with van der Waals surface area (Å²) in [5, 5.41) is 17.9. The fourth-order valence-corrected chi connectivity index (χ4v) is 7.70. The zero-order valence-corrected chi connectivity index (χ0v) is 35.0. The van der Waals surface area contributed by atoms with E-state index in [1.807, 2.05) is 101 Å². The minimum absolute atomic E-state index is 0.581. The van der Waals surface area contributed by atoms with E-state index in [0.717, 1.165) is 84.0 Å². The maximum Gasteiger partial charge on any atom is 0.220 e. The molecule has 11 nitrogen and oxygen atoms in total. The largest absolute Gasteiger partial charge is 0.437 e. The Balaban J connectivity index is 0.736. The Hall–Kier alpha value is -8.96. The van der Waals surface area contributed by atoms with Crippen molar-refractivity contribution in [3.63, 3.8) is 0 Å². The van der Waals surface area contributed by atoms with Crippen LogP contribution in [-0.2, 0) is 13.1 Å². The summed E-state index contributed by atoms with van der Waals surface area (Å²) < 4.78 is 15.4. The highest BCUT2D eigenvalue weighted by Crippen LogP contribution is 2.36. The molecule has 65 heavy (non-hydrogen) atoms. The molecule has 0 saturated carbocycles. The van der Waals surface area contributed by atoms with Gasteiger partial charge in [0.2, 0.25) is 11.8 Å². The predicted molar refractivity (Wildman–Crippen MR) is 256 cm³/mol. The van der Waals surface area contributed by atoms with Gasteiger partial charge in [0.1, 0.15) is 22.4 Å². The van der Waals surface area contributed by atoms with E-state index >= 15 is 0 Å². The van der Waals surface area contributed by atoms with Gasteiger partial charge in [0.25, 0.3) is 0 Å². The Kier molecular flexibility index (Phi) is 10.4. The topological polar surface area (TPSA) is 117 Å². The third-order valence-electron chi connectivity index (χ3n) is 11.0. The van der Waals surface area contributed by atoms with Gasteiger partial charge in [0.05, 0.1) is 25.5 Å². The first-order chi connectivity index (χ1) is 32.1. The van der Waals surface area contributed by atoms with Crippen LogP contribution in [0.2, 0.25) is 0 Å². The van der Waals surface area contributed by atoms with E-state index in [-0.39, 0.29) is 0 Å². The summed E-state index contributed by atoms with van der Waals surface area (Å²) in [5.74, 6) is 1.16. The summed E-state index contributed by atoms with van der Waals surface area (Å²) in [6.07, 6.45) is 11.7. The Bertz CT molecular complexity index is 3140. The van der Waals surface area contributed by atoms with E-state index in [2.05, 4.69) is 157 Å². The molecule has 0 amide bonds. The van der Waals surface area contributed by atoms with Crippen LogP contribution in [0.4, 0.5) is 17.1 Å². The van der Waals surface area contributed by atoms with E-state index in [9.17, 15) is 0 Å². The molecule has 0 aliphatic rings. The molecule has 4 heterocycles. The lowest BCUT2D eigenvalue weighted by Crippen LogP contribution is -2.09. The van der Waals surface area contributed by atoms with Crippen molar-refractivity contribution < 1.29 is 8.83 Å². The number of rotatable bonds is 13. The van der Waals surface area contributed by atoms with Crippen LogP contribution < -0.4 is 4.90 Å². The van der Waals surface area contributed by atoms with E-state index in [0.29, 0.717) is 24.9 Å². The van der Waals surface area contributed by atoms with Crippen molar-refractivity contribution in [1.29, 1.82) is 0 Å². The highest BCUT2D eigenvalue weighted by Gasteiger charge is 2.15. The van der Waals surface area contributed by atoms with Crippen LogP contribution in [0.1, 0.15) is 34.0 Å². The molecule has 0 aliphatic heterocycles. The fraction of sp³-hybridized carbons (Fsp3) is 0.0370. The monoisotopic (exact) mass is 845 g/mol. The molecule has 0 aliphatic carbocycles. The van der Waals surface area contributed by atoms with E-state index in [1.54, 1.807) is 0 Å². The van der Waals surface area contributed by atoms with Gasteiger partial charge in [-0.1, -0.05) is 126 Å². The number of anilines is 3. The Morgan fingerprint density at radius 2 is 0.831 bits per heavy atom. The van der Waals surface area contributed by atoms with E-state index < -0.39 is 0 Å². The SMILES string of the molecule is C(=C\c1nc2ccccc2o1)/c1ccc(Cn2cc(-c3ccc(N(c4ccccc4)c4ccc(-c5cn(Cc6ccc(/C=C/c7nc8ccccc8o7)cc6)nn5)cc4)cc3)nn2)cc1. The molecule has 312 valence electrons. The van der Waals surface area contributed by atoms with Crippen molar-refractivity contribution in [3.05, 3.63) is 222 Å². The predicted octanol–water partition coefficient (Wildman–Crippen LogP) is 12.4. The zero-order chi connectivity index (χ0) is 43.4. The molecule has 4 aromatic heterocycles. The summed E-state index contributed by atoms with van der Waals surface area (Å²) in [4.78, 5) is 11.3. The van der Waals surface area contributed by atoms with Gasteiger partial charge in [-0.3, -0.25) is 0 Å². The van der Waals surface area contributed by atoms with Gasteiger partial charge in [-0.05, 0) is 95.1 Å². The average molecular weight is 846 g/mol. The van der Waals surface area contributed by atoms with Crippen molar-refractivity contribution in [3.8, 4) is 22.5 Å². The molecule has 0 radical (unpaired) electrons. The van der Waals surface area contributed by atoms with Gasteiger partial charge in [-0.15, -0.1) is 10.2 Å². The molecule has 11 aromatic rings. The van der Waals surface area contributed by atoms with E-state index in [4.69, 9.17) is 8.83 Å². The molecule has 11 heteroatoms. The number of fused-ring (bicyclic) bond motifs is 2.